The molecule has 0 fully saturated rings. The summed E-state index contributed by atoms with van der Waals surface area (Å²) in [4.78, 5) is 0. The maximum Gasteiger partial charge on any atom is 0.242 e. The molecule has 0 atom stereocenters. The molecule has 0 nitrogen and oxygen atoms in total. The smallest absolute Gasteiger partial charge is 0.161 e. The molecule has 0 spiro atoms. The van der Waals surface area contributed by atoms with Crippen molar-refractivity contribution in [2.45, 2.75) is 6.92 Å². The van der Waals surface area contributed by atoms with Crippen molar-refractivity contribution in [1.29, 1.82) is 0 Å². The van der Waals surface area contributed by atoms with Crippen LogP contribution >= 0.6 is 11.8 Å². The number of fused-ring (bicyclic) bond motifs is 1. The van der Waals surface area contributed by atoms with Crippen LogP contribution in [0.4, 0.5) is 0 Å². The first kappa shape index (κ1) is 23.3. The highest BCUT2D eigenvalue weighted by Gasteiger charge is 2.28. The van der Waals surface area contributed by atoms with Gasteiger partial charge in [-0.25, -0.2) is 0 Å². The Labute approximate surface area is 213 Å². The molecule has 0 saturated carbocycles. The van der Waals surface area contributed by atoms with Gasteiger partial charge in [-0.05, 0) is 46.7 Å². The van der Waals surface area contributed by atoms with Gasteiger partial charge >= 0.3 is 0 Å². The van der Waals surface area contributed by atoms with Gasteiger partial charge in [0.05, 0.1) is 0 Å². The zero-order valence-electron chi connectivity index (χ0n) is 20.3. The van der Waals surface area contributed by atoms with E-state index in [4.69, 9.17) is 0 Å². The summed E-state index contributed by atoms with van der Waals surface area (Å²) in [7, 11) is 0. The van der Waals surface area contributed by atoms with E-state index in [1.165, 1.54) is 49.4 Å². The minimum atomic E-state index is 0.125. The van der Waals surface area contributed by atoms with Crippen molar-refractivity contribution in [3.63, 3.8) is 0 Å². The summed E-state index contributed by atoms with van der Waals surface area (Å²) in [6, 6.07) is 46.6. The number of hydrogen-bond acceptors (Lipinski definition) is 1. The Hall–Kier alpha value is -3.49. The summed E-state index contributed by atoms with van der Waals surface area (Å²) in [5, 5.41) is 2.54. The van der Waals surface area contributed by atoms with Crippen LogP contribution in [0.1, 0.15) is 16.7 Å². The Bertz CT molecular complexity index is 1440. The summed E-state index contributed by atoms with van der Waals surface area (Å²) in [5.74, 6) is 0.946. The number of aryl methyl sites for hydroxylation is 1. The van der Waals surface area contributed by atoms with Crippen LogP contribution in [0.5, 0.6) is 0 Å². The van der Waals surface area contributed by atoms with Crippen LogP contribution in [-0.2, 0) is 0 Å². The fourth-order valence-corrected chi connectivity index (χ4v) is 5.51. The molecule has 0 heterocycles. The molecule has 5 aromatic rings. The zero-order valence-corrected chi connectivity index (χ0v) is 21.1. The standard InChI is InChI=1S/C33H29BS/c1-25-17-21-31(22-18-25)34(30-15-7-4-8-16-30)33(32(24-35-2)27-12-5-3-6-13-27)29-20-19-26-11-9-10-14-28(26)23-29/h3-23H,24H2,1-2H3/b33-32+. The van der Waals surface area contributed by atoms with Gasteiger partial charge in [0, 0.05) is 5.75 Å². The molecule has 0 unspecified atom stereocenters. The van der Waals surface area contributed by atoms with Crippen molar-refractivity contribution < 1.29 is 0 Å². The maximum absolute atomic E-state index is 2.37. The van der Waals surface area contributed by atoms with Crippen LogP contribution in [0, 0.1) is 6.92 Å². The van der Waals surface area contributed by atoms with Gasteiger partial charge in [0.2, 0.25) is 6.71 Å². The number of hydrogen-bond donors (Lipinski definition) is 0. The molecule has 0 aliphatic carbocycles. The van der Waals surface area contributed by atoms with Crippen molar-refractivity contribution in [1.82, 2.24) is 0 Å². The normalized spacial score (nSPS) is 11.8. The minimum absolute atomic E-state index is 0.125. The van der Waals surface area contributed by atoms with Crippen LogP contribution in [0.2, 0.25) is 0 Å². The van der Waals surface area contributed by atoms with Crippen LogP contribution in [0.15, 0.2) is 127 Å². The van der Waals surface area contributed by atoms with E-state index >= 15 is 0 Å². The second-order valence-electron chi connectivity index (χ2n) is 9.01. The molecule has 2 heteroatoms. The topological polar surface area (TPSA) is 0 Å². The van der Waals surface area contributed by atoms with E-state index in [-0.39, 0.29) is 6.71 Å². The molecular weight excluding hydrogens is 439 g/mol. The van der Waals surface area contributed by atoms with Crippen molar-refractivity contribution in [3.05, 3.63) is 144 Å². The fraction of sp³-hybridized carbons (Fsp3) is 0.0909. The molecule has 0 aromatic heterocycles. The lowest BCUT2D eigenvalue weighted by molar-refractivity contribution is 1.49. The molecule has 0 N–H and O–H groups in total. The highest BCUT2D eigenvalue weighted by atomic mass is 32.2. The SMILES string of the molecule is CSC/C(=C(\B(c1ccccc1)c1ccc(C)cc1)c1ccc2ccccc2c1)c1ccccc1. The third-order valence-electron chi connectivity index (χ3n) is 6.63. The van der Waals surface area contributed by atoms with Crippen molar-refractivity contribution >= 4 is 51.2 Å². The second kappa shape index (κ2) is 10.8. The van der Waals surface area contributed by atoms with Crippen molar-refractivity contribution in [2.24, 2.45) is 0 Å². The van der Waals surface area contributed by atoms with Gasteiger partial charge in [-0.15, -0.1) is 0 Å². The summed E-state index contributed by atoms with van der Waals surface area (Å²) >= 11 is 1.88. The fourth-order valence-electron chi connectivity index (χ4n) is 4.90. The minimum Gasteiger partial charge on any atom is -0.161 e. The van der Waals surface area contributed by atoms with Gasteiger partial charge in [-0.2, -0.15) is 11.8 Å². The first-order chi connectivity index (χ1) is 17.2. The predicted octanol–water partition coefficient (Wildman–Crippen LogP) is 7.27. The Morgan fingerprint density at radius 3 is 1.89 bits per heavy atom. The van der Waals surface area contributed by atoms with Crippen molar-refractivity contribution in [2.75, 3.05) is 12.0 Å². The van der Waals surface area contributed by atoms with E-state index in [0.29, 0.717) is 0 Å². The molecule has 0 radical (unpaired) electrons. The summed E-state index contributed by atoms with van der Waals surface area (Å²) in [6.07, 6.45) is 2.20. The molecule has 35 heavy (non-hydrogen) atoms. The first-order valence-corrected chi connectivity index (χ1v) is 13.5. The monoisotopic (exact) mass is 468 g/mol. The van der Waals surface area contributed by atoms with E-state index in [9.17, 15) is 0 Å². The third kappa shape index (κ3) is 5.13. The first-order valence-electron chi connectivity index (χ1n) is 12.1. The summed E-state index contributed by atoms with van der Waals surface area (Å²) < 4.78 is 0. The highest BCUT2D eigenvalue weighted by Crippen LogP contribution is 2.32. The van der Waals surface area contributed by atoms with E-state index < -0.39 is 0 Å². The van der Waals surface area contributed by atoms with Crippen LogP contribution in [0.3, 0.4) is 0 Å². The highest BCUT2D eigenvalue weighted by molar-refractivity contribution is 7.99. The van der Waals surface area contributed by atoms with E-state index in [1.54, 1.807) is 0 Å². The van der Waals surface area contributed by atoms with E-state index in [0.717, 1.165) is 5.75 Å². The molecule has 0 bridgehead atoms. The number of rotatable bonds is 7. The molecule has 0 saturated heterocycles. The van der Waals surface area contributed by atoms with Gasteiger partial charge in [-0.3, -0.25) is 0 Å². The Morgan fingerprint density at radius 2 is 1.20 bits per heavy atom. The third-order valence-corrected chi connectivity index (χ3v) is 7.21. The largest absolute Gasteiger partial charge is 0.242 e. The van der Waals surface area contributed by atoms with Gasteiger partial charge in [0.1, 0.15) is 0 Å². The predicted molar refractivity (Wildman–Crippen MR) is 158 cm³/mol. The van der Waals surface area contributed by atoms with Crippen LogP contribution in [0.25, 0.3) is 21.8 Å². The van der Waals surface area contributed by atoms with Gasteiger partial charge in [0.25, 0.3) is 0 Å². The lowest BCUT2D eigenvalue weighted by atomic mass is 9.34. The van der Waals surface area contributed by atoms with E-state index in [1.807, 2.05) is 11.8 Å². The van der Waals surface area contributed by atoms with Crippen LogP contribution < -0.4 is 10.9 Å². The zero-order chi connectivity index (χ0) is 24.0. The molecule has 170 valence electrons. The molecule has 0 aliphatic rings. The molecule has 5 aromatic carbocycles. The average molecular weight is 468 g/mol. The molecule has 0 amide bonds. The van der Waals surface area contributed by atoms with Crippen molar-refractivity contribution in [3.8, 4) is 0 Å². The maximum atomic E-state index is 2.37. The lowest BCUT2D eigenvalue weighted by Crippen LogP contribution is -2.44. The van der Waals surface area contributed by atoms with Gasteiger partial charge in [-0.1, -0.05) is 143 Å². The summed E-state index contributed by atoms with van der Waals surface area (Å²) in [5.41, 5.74) is 9.26. The van der Waals surface area contributed by atoms with Gasteiger partial charge in [0.15, 0.2) is 0 Å². The Morgan fingerprint density at radius 1 is 0.600 bits per heavy atom. The second-order valence-corrected chi connectivity index (χ2v) is 9.87. The van der Waals surface area contributed by atoms with Crippen LogP contribution in [-0.4, -0.2) is 18.7 Å². The number of thioether (sulfide) groups is 1. The lowest BCUT2D eigenvalue weighted by Gasteiger charge is -2.24. The molecule has 0 aliphatic heterocycles. The Balaban J connectivity index is 1.85. The summed E-state index contributed by atoms with van der Waals surface area (Å²) in [6.45, 7) is 2.28. The Kier molecular flexibility index (Phi) is 7.21. The molecule has 5 rings (SSSR count). The number of benzene rings is 5. The quantitative estimate of drug-likeness (QED) is 0.179. The average Bonchev–Trinajstić information content (AvgIpc) is 2.92. The van der Waals surface area contributed by atoms with E-state index in [2.05, 4.69) is 141 Å². The molecular formula is C33H29BS. The van der Waals surface area contributed by atoms with Gasteiger partial charge < -0.3 is 0 Å².